The molecule has 13 amide bonds. The molecule has 4 rings (SSSR count). The molecule has 102 heavy (non-hydrogen) atoms. The average molecular weight is 1430 g/mol. The molecule has 0 bridgehead atoms. The molecule has 1 saturated heterocycles. The normalized spacial score (nSPS) is 16.9. The third-order valence-corrected chi connectivity index (χ3v) is 18.4. The molecule has 0 spiro atoms. The molecular formula is C72H112N12O18. The molecular weight excluding hydrogens is 1320 g/mol. The van der Waals surface area contributed by atoms with Gasteiger partial charge in [0.2, 0.25) is 47.3 Å². The van der Waals surface area contributed by atoms with E-state index in [2.05, 4.69) is 37.2 Å². The van der Waals surface area contributed by atoms with Crippen LogP contribution in [-0.2, 0) is 78.2 Å². The number of benzene rings is 2. The summed E-state index contributed by atoms with van der Waals surface area (Å²) in [5, 5.41) is 30.2. The van der Waals surface area contributed by atoms with Crippen LogP contribution in [0.25, 0.3) is 0 Å². The van der Waals surface area contributed by atoms with Crippen LogP contribution in [-0.4, -0.2) is 231 Å². The van der Waals surface area contributed by atoms with Gasteiger partial charge >= 0.3 is 12.1 Å². The van der Waals surface area contributed by atoms with E-state index in [1.807, 2.05) is 32.0 Å². The Morgan fingerprint density at radius 2 is 1.31 bits per heavy atom. The van der Waals surface area contributed by atoms with Gasteiger partial charge in [0.25, 0.3) is 11.8 Å². The Kier molecular flexibility index (Phi) is 36.5. The molecule has 2 aromatic rings. The predicted molar refractivity (Wildman–Crippen MR) is 379 cm³/mol. The van der Waals surface area contributed by atoms with E-state index in [-0.39, 0.29) is 108 Å². The zero-order valence-corrected chi connectivity index (χ0v) is 61.8. The van der Waals surface area contributed by atoms with Crippen molar-refractivity contribution in [2.45, 2.75) is 188 Å². The van der Waals surface area contributed by atoms with E-state index >= 15 is 0 Å². The predicted octanol–water partition coefficient (Wildman–Crippen LogP) is 3.45. The van der Waals surface area contributed by atoms with Gasteiger partial charge in [-0.2, -0.15) is 0 Å². The fourth-order valence-electron chi connectivity index (χ4n) is 12.4. The molecule has 30 nitrogen and oxygen atoms in total. The third kappa shape index (κ3) is 26.7. The monoisotopic (exact) mass is 1430 g/mol. The van der Waals surface area contributed by atoms with Crippen molar-refractivity contribution in [3.8, 4) is 0 Å². The molecule has 0 unspecified atom stereocenters. The minimum atomic E-state index is -1.14. The number of likely N-dealkylation sites (N-methyl/N-ethyl adjacent to an activating group) is 2. The standard InChI is InChI=1S/C72H112N12O18/c1-15-46(8)63(54(98-13)41-59(89)83-35-20-24-53(83)65(99-14)47(9)66(91)76-48(10)64(90)50-21-17-16-18-22-50)81(11)70(95)61(44(4)5)80-69(94)62(45(6)7)82(12)72(97)102-42-49-25-27-51(28-26-49)77-67(92)52(23-19-33-75-71(73)96)78-68(93)60(43(2)3)79-56(86)32-37-100-39-40-101-38-34-74-55(85)31-36-84-57(87)29-30-58(84)88/h16-18,21-22,25-30,43-48,52-54,60-65,90H,15,19-20,23-24,31-42H2,1-14H3,(H,74,85)(H,76,91)(H,77,92)(H,78,93)(H,79,86)(H,80,94)(H3,73,75,96)/t46-,47+,48+,52-,53-,54+,60-,61-,62-,63-,64+,65+/m0/s1. The number of nitrogens with zero attached hydrogens (tertiary/aromatic N) is 4. The largest absolute Gasteiger partial charge is 0.445 e. The summed E-state index contributed by atoms with van der Waals surface area (Å²) in [5.74, 6) is -6.81. The molecule has 0 aliphatic carbocycles. The van der Waals surface area contributed by atoms with Crippen LogP contribution in [0.5, 0.6) is 0 Å². The van der Waals surface area contributed by atoms with Gasteiger partial charge in [0, 0.05) is 85.2 Å². The Labute approximate surface area is 599 Å². The van der Waals surface area contributed by atoms with Crippen molar-refractivity contribution in [3.05, 3.63) is 77.9 Å². The van der Waals surface area contributed by atoms with Gasteiger partial charge < -0.3 is 81.5 Å². The summed E-state index contributed by atoms with van der Waals surface area (Å²) in [6.45, 7) is 18.8. The van der Waals surface area contributed by atoms with Crippen molar-refractivity contribution in [2.75, 3.05) is 86.2 Å². The second kappa shape index (κ2) is 43.4. The highest BCUT2D eigenvalue weighted by Crippen LogP contribution is 2.31. The number of nitrogens with two attached hydrogens (primary N) is 1. The van der Waals surface area contributed by atoms with Crippen molar-refractivity contribution in [1.29, 1.82) is 0 Å². The summed E-state index contributed by atoms with van der Waals surface area (Å²) in [5.41, 5.74) is 6.75. The number of hydrogen-bond acceptors (Lipinski definition) is 18. The summed E-state index contributed by atoms with van der Waals surface area (Å²) in [6, 6.07) is 8.56. The molecule has 0 radical (unpaired) electrons. The van der Waals surface area contributed by atoms with Crippen molar-refractivity contribution in [1.82, 2.24) is 51.5 Å². The summed E-state index contributed by atoms with van der Waals surface area (Å²) < 4.78 is 28.7. The molecule has 12 atom stereocenters. The lowest BCUT2D eigenvalue weighted by Crippen LogP contribution is -2.60. The van der Waals surface area contributed by atoms with Gasteiger partial charge in [-0.1, -0.05) is 111 Å². The fourth-order valence-corrected chi connectivity index (χ4v) is 12.4. The number of aliphatic hydroxyl groups excluding tert-OH is 1. The molecule has 2 aliphatic rings. The molecule has 2 aromatic carbocycles. The number of carbonyl (C=O) groups is 12. The van der Waals surface area contributed by atoms with Gasteiger partial charge in [-0.3, -0.25) is 57.7 Å². The maximum absolute atomic E-state index is 14.8. The number of methoxy groups -OCH3 is 2. The highest BCUT2D eigenvalue weighted by atomic mass is 16.6. The number of hydrogen-bond donors (Lipinski definition) is 9. The highest BCUT2D eigenvalue weighted by Gasteiger charge is 2.44. The van der Waals surface area contributed by atoms with Crippen LogP contribution in [0, 0.1) is 29.6 Å². The lowest BCUT2D eigenvalue weighted by Gasteiger charge is -2.41. The first kappa shape index (κ1) is 85.8. The van der Waals surface area contributed by atoms with Gasteiger partial charge in [0.1, 0.15) is 30.8 Å². The van der Waals surface area contributed by atoms with E-state index in [0.717, 1.165) is 17.1 Å². The minimum Gasteiger partial charge on any atom is -0.445 e. The Bertz CT molecular complexity index is 3100. The Hall–Kier alpha value is -8.58. The molecule has 30 heteroatoms. The number of rotatable bonds is 44. The van der Waals surface area contributed by atoms with Crippen molar-refractivity contribution in [3.63, 3.8) is 0 Å². The maximum Gasteiger partial charge on any atom is 0.410 e. The Morgan fingerprint density at radius 3 is 1.90 bits per heavy atom. The minimum absolute atomic E-state index is 0.000861. The van der Waals surface area contributed by atoms with E-state index < -0.39 is 138 Å². The van der Waals surface area contributed by atoms with Crippen LogP contribution in [0.15, 0.2) is 66.7 Å². The number of amides is 13. The number of carbonyl (C=O) groups excluding carboxylic acids is 12. The summed E-state index contributed by atoms with van der Waals surface area (Å²) in [7, 11) is 6.06. The molecule has 0 aromatic heterocycles. The van der Waals surface area contributed by atoms with Gasteiger partial charge in [0.15, 0.2) is 0 Å². The number of primary amides is 1. The second-order valence-corrected chi connectivity index (χ2v) is 27.0. The SMILES string of the molecule is CC[C@H](C)[C@@H]([C@@H](CC(=O)N1CCC[C@H]1[C@H](OC)[C@@H](C)C(=O)N[C@H](C)[C@@H](O)c1ccccc1)OC)N(C)C(=O)[C@@H](NC(=O)[C@H](C(C)C)N(C)C(=O)OCc1ccc(NC(=O)[C@H](CCCNC(N)=O)NC(=O)[C@@H](NC(=O)CCOCCOCCNC(=O)CCN2C(=O)C=CC2=O)C(C)C)cc1)C(C)C. The van der Waals surface area contributed by atoms with Crippen LogP contribution in [0.4, 0.5) is 15.3 Å². The zero-order valence-electron chi connectivity index (χ0n) is 61.8. The summed E-state index contributed by atoms with van der Waals surface area (Å²) in [4.78, 5) is 164. The van der Waals surface area contributed by atoms with Crippen LogP contribution >= 0.6 is 0 Å². The first-order chi connectivity index (χ1) is 48.4. The van der Waals surface area contributed by atoms with E-state index in [4.69, 9.17) is 29.4 Å². The Morgan fingerprint density at radius 1 is 0.676 bits per heavy atom. The first-order valence-electron chi connectivity index (χ1n) is 35.2. The van der Waals surface area contributed by atoms with E-state index in [1.165, 1.54) is 26.2 Å². The summed E-state index contributed by atoms with van der Waals surface area (Å²) in [6.07, 6.45) is 0.973. The molecule has 10 N–H and O–H groups in total. The topological polar surface area (TPSA) is 394 Å². The highest BCUT2D eigenvalue weighted by molar-refractivity contribution is 6.13. The average Bonchev–Trinajstić information content (AvgIpc) is 1.49. The fraction of sp³-hybridized carbons (Fsp3) is 0.639. The summed E-state index contributed by atoms with van der Waals surface area (Å²) >= 11 is 0. The van der Waals surface area contributed by atoms with Crippen LogP contribution in [0.1, 0.15) is 138 Å². The lowest BCUT2D eigenvalue weighted by atomic mass is 9.89. The number of likely N-dealkylation sites (tertiary alicyclic amines) is 1. The van der Waals surface area contributed by atoms with Crippen molar-refractivity contribution < 1.29 is 86.3 Å². The van der Waals surface area contributed by atoms with E-state index in [1.54, 1.807) is 109 Å². The lowest BCUT2D eigenvalue weighted by molar-refractivity contribution is -0.148. The van der Waals surface area contributed by atoms with Gasteiger partial charge in [-0.25, -0.2) is 9.59 Å². The number of urea groups is 1. The van der Waals surface area contributed by atoms with Gasteiger partial charge in [-0.15, -0.1) is 0 Å². The van der Waals surface area contributed by atoms with Crippen molar-refractivity contribution in [2.24, 2.45) is 35.3 Å². The number of imide groups is 1. The van der Waals surface area contributed by atoms with Gasteiger partial charge in [0.05, 0.1) is 75.2 Å². The van der Waals surface area contributed by atoms with Crippen LogP contribution in [0.2, 0.25) is 0 Å². The zero-order chi connectivity index (χ0) is 75.9. The van der Waals surface area contributed by atoms with Crippen molar-refractivity contribution >= 4 is 76.9 Å². The molecule has 2 aliphatic heterocycles. The molecule has 1 fully saturated rings. The van der Waals surface area contributed by atoms with E-state index in [0.29, 0.717) is 42.6 Å². The quantitative estimate of drug-likeness (QED) is 0.0339. The van der Waals surface area contributed by atoms with E-state index in [9.17, 15) is 62.6 Å². The maximum atomic E-state index is 14.8. The van der Waals surface area contributed by atoms with Crippen LogP contribution in [0.3, 0.4) is 0 Å². The van der Waals surface area contributed by atoms with Gasteiger partial charge in [-0.05, 0) is 79.5 Å². The number of anilines is 1. The smallest absolute Gasteiger partial charge is 0.410 e. The molecule has 0 saturated carbocycles. The van der Waals surface area contributed by atoms with Crippen LogP contribution < -0.4 is 43.0 Å². The number of nitrogens with one attached hydrogen (secondary N) is 7. The molecule has 2 heterocycles. The Balaban J connectivity index is 1.32. The first-order valence-corrected chi connectivity index (χ1v) is 35.2. The number of ether oxygens (including phenoxy) is 5. The third-order valence-electron chi connectivity index (χ3n) is 18.4. The molecule has 568 valence electrons. The second-order valence-electron chi connectivity index (χ2n) is 27.0. The number of aliphatic hydroxyl groups is 1.